The quantitative estimate of drug-likeness (QED) is 0.328. The number of guanidine groups is 1. The van der Waals surface area contributed by atoms with E-state index in [4.69, 9.17) is 11.6 Å². The number of benzene rings is 1. The van der Waals surface area contributed by atoms with Crippen LogP contribution in [-0.2, 0) is 24.9 Å². The number of carbonyl (C=O) groups excluding carboxylic acids is 1. The van der Waals surface area contributed by atoms with Crippen molar-refractivity contribution in [1.29, 1.82) is 0 Å². The molecule has 0 aliphatic carbocycles. The Morgan fingerprint density at radius 1 is 1.32 bits per heavy atom. The lowest BCUT2D eigenvalue weighted by Crippen LogP contribution is -2.38. The van der Waals surface area contributed by atoms with E-state index in [1.807, 2.05) is 67.0 Å². The third-order valence-corrected chi connectivity index (χ3v) is 4.39. The van der Waals surface area contributed by atoms with Crippen LogP contribution in [0.25, 0.3) is 0 Å². The average Bonchev–Trinajstić information content (AvgIpc) is 2.93. The molecule has 0 aliphatic rings. The molecule has 1 heterocycles. The van der Waals surface area contributed by atoms with Gasteiger partial charge in [-0.25, -0.2) is 0 Å². The van der Waals surface area contributed by atoms with Crippen molar-refractivity contribution in [2.75, 3.05) is 19.4 Å². The molecule has 0 aliphatic heterocycles. The highest BCUT2D eigenvalue weighted by Gasteiger charge is 2.10. The molecule has 2 aromatic rings. The predicted molar refractivity (Wildman–Crippen MR) is 127 cm³/mol. The summed E-state index contributed by atoms with van der Waals surface area (Å²) in [5.74, 6) is 0.826. The maximum absolute atomic E-state index is 11.8. The molecule has 0 atom stereocenters. The largest absolute Gasteiger partial charge is 0.352 e. The van der Waals surface area contributed by atoms with E-state index in [9.17, 15) is 4.79 Å². The summed E-state index contributed by atoms with van der Waals surface area (Å²) in [5.41, 5.74) is 2.99. The fraction of sp³-hybridized carbons (Fsp3) is 0.400. The molecule has 154 valence electrons. The molecule has 0 bridgehead atoms. The molecule has 0 radical (unpaired) electrons. The molecule has 2 rings (SSSR count). The number of aromatic nitrogens is 1. The SMILES string of the molecule is CCCC(=O)Nc1cccc(CNC(=NC)N(C)Cc2cc(Cl)cn2C)c1.I. The molecule has 1 aromatic heterocycles. The van der Waals surface area contributed by atoms with Crippen molar-refractivity contribution < 1.29 is 4.79 Å². The lowest BCUT2D eigenvalue weighted by atomic mass is 10.2. The van der Waals surface area contributed by atoms with E-state index >= 15 is 0 Å². The first-order chi connectivity index (χ1) is 12.9. The third-order valence-electron chi connectivity index (χ3n) is 4.19. The van der Waals surface area contributed by atoms with Crippen molar-refractivity contribution in [2.45, 2.75) is 32.9 Å². The Labute approximate surface area is 189 Å². The molecule has 2 N–H and O–H groups in total. The smallest absolute Gasteiger partial charge is 0.224 e. The van der Waals surface area contributed by atoms with E-state index in [0.29, 0.717) is 19.5 Å². The number of carbonyl (C=O) groups is 1. The predicted octanol–water partition coefficient (Wildman–Crippen LogP) is 4.24. The normalized spacial score (nSPS) is 11.0. The number of anilines is 1. The highest BCUT2D eigenvalue weighted by atomic mass is 127. The molecular weight excluding hydrogens is 489 g/mol. The molecule has 1 amide bonds. The van der Waals surface area contributed by atoms with Crippen LogP contribution in [-0.4, -0.2) is 35.4 Å². The lowest BCUT2D eigenvalue weighted by Gasteiger charge is -2.22. The summed E-state index contributed by atoms with van der Waals surface area (Å²) in [7, 11) is 5.72. The number of hydrogen-bond acceptors (Lipinski definition) is 2. The van der Waals surface area contributed by atoms with Gasteiger partial charge in [0.05, 0.1) is 11.6 Å². The summed E-state index contributed by atoms with van der Waals surface area (Å²) >= 11 is 6.06. The number of rotatable bonds is 7. The van der Waals surface area contributed by atoms with Crippen molar-refractivity contribution in [3.63, 3.8) is 0 Å². The zero-order chi connectivity index (χ0) is 19.8. The zero-order valence-electron chi connectivity index (χ0n) is 16.8. The van der Waals surface area contributed by atoms with Gasteiger partial charge in [0.25, 0.3) is 0 Å². The minimum atomic E-state index is 0. The van der Waals surface area contributed by atoms with Gasteiger partial charge in [0.15, 0.2) is 5.96 Å². The number of halogens is 2. The van der Waals surface area contributed by atoms with E-state index in [1.54, 1.807) is 7.05 Å². The first-order valence-electron chi connectivity index (χ1n) is 9.04. The van der Waals surface area contributed by atoms with Gasteiger partial charge in [-0.3, -0.25) is 9.79 Å². The van der Waals surface area contributed by atoms with Crippen molar-refractivity contribution in [3.05, 3.63) is 52.8 Å². The molecule has 6 nitrogen and oxygen atoms in total. The lowest BCUT2D eigenvalue weighted by molar-refractivity contribution is -0.116. The molecule has 0 fully saturated rings. The van der Waals surface area contributed by atoms with Gasteiger partial charge in [-0.1, -0.05) is 30.7 Å². The van der Waals surface area contributed by atoms with E-state index in [-0.39, 0.29) is 29.9 Å². The van der Waals surface area contributed by atoms with Crippen LogP contribution < -0.4 is 10.6 Å². The summed E-state index contributed by atoms with van der Waals surface area (Å²) in [4.78, 5) is 18.2. The summed E-state index contributed by atoms with van der Waals surface area (Å²) in [5, 5.41) is 7.01. The van der Waals surface area contributed by atoms with E-state index in [2.05, 4.69) is 15.6 Å². The summed E-state index contributed by atoms with van der Waals surface area (Å²) in [6.45, 7) is 3.30. The van der Waals surface area contributed by atoms with Crippen LogP contribution in [0.1, 0.15) is 31.0 Å². The van der Waals surface area contributed by atoms with Crippen LogP contribution in [0.15, 0.2) is 41.5 Å². The van der Waals surface area contributed by atoms with Crippen LogP contribution in [0.4, 0.5) is 5.69 Å². The minimum absolute atomic E-state index is 0. The van der Waals surface area contributed by atoms with Gasteiger partial charge >= 0.3 is 0 Å². The van der Waals surface area contributed by atoms with Crippen LogP contribution in [0, 0.1) is 0 Å². The number of nitrogens with one attached hydrogen (secondary N) is 2. The fourth-order valence-electron chi connectivity index (χ4n) is 2.82. The molecular formula is C20H29ClIN5O. The van der Waals surface area contributed by atoms with Crippen LogP contribution in [0.3, 0.4) is 0 Å². The Morgan fingerprint density at radius 3 is 2.68 bits per heavy atom. The molecule has 28 heavy (non-hydrogen) atoms. The average molecular weight is 518 g/mol. The van der Waals surface area contributed by atoms with Crippen molar-refractivity contribution in [3.8, 4) is 0 Å². The second-order valence-corrected chi connectivity index (χ2v) is 6.95. The minimum Gasteiger partial charge on any atom is -0.352 e. The van der Waals surface area contributed by atoms with Crippen LogP contribution >= 0.6 is 35.6 Å². The number of nitrogens with zero attached hydrogens (tertiary/aromatic N) is 3. The van der Waals surface area contributed by atoms with Crippen molar-refractivity contribution >= 4 is 53.1 Å². The number of hydrogen-bond donors (Lipinski definition) is 2. The highest BCUT2D eigenvalue weighted by Crippen LogP contribution is 2.15. The Hall–Kier alpha value is -1.74. The van der Waals surface area contributed by atoms with Gasteiger partial charge in [-0.05, 0) is 30.2 Å². The molecule has 0 saturated heterocycles. The van der Waals surface area contributed by atoms with Crippen LogP contribution in [0.5, 0.6) is 0 Å². The van der Waals surface area contributed by atoms with Crippen LogP contribution in [0.2, 0.25) is 5.02 Å². The van der Waals surface area contributed by atoms with Gasteiger partial charge in [-0.2, -0.15) is 0 Å². The summed E-state index contributed by atoms with van der Waals surface area (Å²) < 4.78 is 2.01. The number of aryl methyl sites for hydroxylation is 1. The van der Waals surface area contributed by atoms with E-state index < -0.39 is 0 Å². The molecule has 1 aromatic carbocycles. The topological polar surface area (TPSA) is 61.7 Å². The van der Waals surface area contributed by atoms with E-state index in [1.165, 1.54) is 0 Å². The first kappa shape index (κ1) is 24.3. The molecule has 0 saturated carbocycles. The Kier molecular flexibility index (Phi) is 10.4. The van der Waals surface area contributed by atoms with Gasteiger partial charge in [0, 0.05) is 51.7 Å². The fourth-order valence-corrected chi connectivity index (χ4v) is 3.09. The second kappa shape index (κ2) is 12.0. The Morgan fingerprint density at radius 2 is 2.07 bits per heavy atom. The summed E-state index contributed by atoms with van der Waals surface area (Å²) in [6.07, 6.45) is 3.25. The van der Waals surface area contributed by atoms with Gasteiger partial charge in [-0.15, -0.1) is 24.0 Å². The highest BCUT2D eigenvalue weighted by molar-refractivity contribution is 14.0. The molecule has 0 spiro atoms. The number of amides is 1. The van der Waals surface area contributed by atoms with Crippen molar-refractivity contribution in [2.24, 2.45) is 12.0 Å². The molecule has 0 unspecified atom stereocenters. The monoisotopic (exact) mass is 517 g/mol. The van der Waals surface area contributed by atoms with Crippen molar-refractivity contribution in [1.82, 2.24) is 14.8 Å². The standard InChI is InChI=1S/C20H28ClN5O.HI/c1-5-7-19(27)24-17-9-6-8-15(10-17)12-23-20(22-2)26(4)14-18-11-16(21)13-25(18)3;/h6,8-11,13H,5,7,12,14H2,1-4H3,(H,22,23)(H,24,27);1H. The van der Waals surface area contributed by atoms with Gasteiger partial charge in [0.2, 0.25) is 5.91 Å². The number of aliphatic imine (C=N–C) groups is 1. The summed E-state index contributed by atoms with van der Waals surface area (Å²) in [6, 6.07) is 9.79. The Bertz CT molecular complexity index is 806. The van der Waals surface area contributed by atoms with Gasteiger partial charge < -0.3 is 20.1 Å². The second-order valence-electron chi connectivity index (χ2n) is 6.52. The zero-order valence-corrected chi connectivity index (χ0v) is 19.9. The maximum Gasteiger partial charge on any atom is 0.224 e. The van der Waals surface area contributed by atoms with Gasteiger partial charge in [0.1, 0.15) is 0 Å². The van der Waals surface area contributed by atoms with E-state index in [0.717, 1.165) is 34.3 Å². The Balaban J connectivity index is 0.00000392. The third kappa shape index (κ3) is 7.35. The molecule has 8 heteroatoms. The first-order valence-corrected chi connectivity index (χ1v) is 9.42. The maximum atomic E-state index is 11.8.